The van der Waals surface area contributed by atoms with Crippen LogP contribution < -0.4 is 0 Å². The number of aliphatic hydroxyl groups is 2. The van der Waals surface area contributed by atoms with Crippen LogP contribution in [0.4, 0.5) is 0 Å². The fraction of sp³-hybridized carbons (Fsp3) is 0.520. The molecule has 0 amide bonds. The molecule has 1 aliphatic carbocycles. The number of benzene rings is 1. The van der Waals surface area contributed by atoms with Gasteiger partial charge in [0, 0.05) is 24.7 Å². The van der Waals surface area contributed by atoms with Crippen molar-refractivity contribution >= 4 is 11.7 Å². The zero-order valence-corrected chi connectivity index (χ0v) is 18.6. The first-order chi connectivity index (χ1) is 15.4. The van der Waals surface area contributed by atoms with E-state index in [0.717, 1.165) is 5.56 Å². The minimum atomic E-state index is -1.17. The van der Waals surface area contributed by atoms with E-state index in [4.69, 9.17) is 9.84 Å². The summed E-state index contributed by atoms with van der Waals surface area (Å²) in [5.41, 5.74) is 0.348. The predicted octanol–water partition coefficient (Wildman–Crippen LogP) is 3.93. The summed E-state index contributed by atoms with van der Waals surface area (Å²) in [6.07, 6.45) is 9.36. The maximum Gasteiger partial charge on any atom is 0.303 e. The molecule has 0 bridgehead atoms. The Kier molecular flexibility index (Phi) is 10.6. The number of unbranched alkanes of at least 4 members (excludes halogenated alkanes) is 1. The van der Waals surface area contributed by atoms with Gasteiger partial charge in [-0.2, -0.15) is 0 Å². The molecule has 1 unspecified atom stereocenters. The third-order valence-corrected chi connectivity index (χ3v) is 5.91. The highest BCUT2D eigenvalue weighted by molar-refractivity contribution is 5.90. The Bertz CT molecular complexity index is 791. The Hall–Kier alpha value is -2.48. The lowest BCUT2D eigenvalue weighted by molar-refractivity contribution is -0.137. The molecule has 32 heavy (non-hydrogen) atoms. The van der Waals surface area contributed by atoms with Crippen molar-refractivity contribution in [2.24, 2.45) is 17.0 Å². The number of aliphatic carboxylic acids is 1. The Morgan fingerprint density at radius 3 is 2.69 bits per heavy atom. The number of carboxylic acid groups (broad SMARTS) is 1. The number of aliphatic hydroxyl groups excluding tert-OH is 1. The van der Waals surface area contributed by atoms with Gasteiger partial charge in [0.2, 0.25) is 0 Å². The summed E-state index contributed by atoms with van der Waals surface area (Å²) in [7, 11) is 0. The molecule has 0 spiro atoms. The van der Waals surface area contributed by atoms with Crippen LogP contribution in [0.1, 0.15) is 51.0 Å². The van der Waals surface area contributed by atoms with E-state index in [2.05, 4.69) is 5.16 Å². The Morgan fingerprint density at radius 1 is 1.28 bits per heavy atom. The summed E-state index contributed by atoms with van der Waals surface area (Å²) >= 11 is 0. The topological polar surface area (TPSA) is 120 Å². The minimum absolute atomic E-state index is 0.129. The third kappa shape index (κ3) is 8.22. The number of carbonyl (C=O) groups is 1. The zero-order valence-electron chi connectivity index (χ0n) is 18.6. The smallest absolute Gasteiger partial charge is 0.303 e. The molecule has 176 valence electrons. The molecular weight excluding hydrogens is 410 g/mol. The number of rotatable bonds is 13. The highest BCUT2D eigenvalue weighted by Crippen LogP contribution is 2.35. The van der Waals surface area contributed by atoms with Crippen molar-refractivity contribution in [2.45, 2.75) is 63.8 Å². The van der Waals surface area contributed by atoms with Crippen LogP contribution in [0.25, 0.3) is 0 Å². The van der Waals surface area contributed by atoms with Crippen LogP contribution in [0.2, 0.25) is 0 Å². The van der Waals surface area contributed by atoms with E-state index >= 15 is 0 Å². The van der Waals surface area contributed by atoms with E-state index in [1.807, 2.05) is 55.5 Å². The lowest BCUT2D eigenvalue weighted by atomic mass is 9.88. The molecule has 0 radical (unpaired) electrons. The van der Waals surface area contributed by atoms with Crippen molar-refractivity contribution < 1.29 is 30.1 Å². The second-order valence-electron chi connectivity index (χ2n) is 8.34. The van der Waals surface area contributed by atoms with Gasteiger partial charge in [-0.05, 0) is 31.2 Å². The fourth-order valence-corrected chi connectivity index (χ4v) is 3.87. The second-order valence-corrected chi connectivity index (χ2v) is 8.34. The first-order valence-electron chi connectivity index (χ1n) is 11.2. The molecule has 0 aromatic heterocycles. The molecular formula is C25H35NO6. The lowest BCUT2D eigenvalue weighted by Crippen LogP contribution is -2.32. The number of oxime groups is 1. The maximum atomic E-state index is 10.9. The van der Waals surface area contributed by atoms with Gasteiger partial charge in [-0.1, -0.05) is 66.7 Å². The van der Waals surface area contributed by atoms with Gasteiger partial charge in [-0.15, -0.1) is 0 Å². The molecule has 1 fully saturated rings. The van der Waals surface area contributed by atoms with Gasteiger partial charge in [0.15, 0.2) is 0 Å². The average molecular weight is 446 g/mol. The normalized spacial score (nSPS) is 24.5. The van der Waals surface area contributed by atoms with E-state index in [0.29, 0.717) is 38.0 Å². The molecule has 0 aliphatic heterocycles. The monoisotopic (exact) mass is 445 g/mol. The van der Waals surface area contributed by atoms with Crippen molar-refractivity contribution in [1.29, 1.82) is 0 Å². The lowest BCUT2D eigenvalue weighted by Gasteiger charge is -2.24. The number of ether oxygens (including phenoxy) is 1. The van der Waals surface area contributed by atoms with E-state index in [1.54, 1.807) is 6.08 Å². The largest absolute Gasteiger partial charge is 0.481 e. The minimum Gasteiger partial charge on any atom is -0.481 e. The van der Waals surface area contributed by atoms with Crippen LogP contribution in [-0.4, -0.2) is 50.5 Å². The van der Waals surface area contributed by atoms with Crippen LogP contribution in [0.15, 0.2) is 59.8 Å². The summed E-state index contributed by atoms with van der Waals surface area (Å²) in [6, 6.07) is 9.74. The average Bonchev–Trinajstić information content (AvgIpc) is 3.09. The van der Waals surface area contributed by atoms with Gasteiger partial charge in [-0.25, -0.2) is 0 Å². The predicted molar refractivity (Wildman–Crippen MR) is 123 cm³/mol. The number of nitrogens with zero attached hydrogens (tertiary/aromatic N) is 1. The van der Waals surface area contributed by atoms with Crippen LogP contribution in [-0.2, 0) is 16.1 Å². The summed E-state index contributed by atoms with van der Waals surface area (Å²) in [6.45, 7) is 2.40. The third-order valence-electron chi connectivity index (χ3n) is 5.91. The first kappa shape index (κ1) is 25.8. The molecule has 0 heterocycles. The molecule has 1 aromatic rings. The Morgan fingerprint density at radius 2 is 2.03 bits per heavy atom. The Labute approximate surface area is 189 Å². The van der Waals surface area contributed by atoms with Crippen molar-refractivity contribution in [2.75, 3.05) is 6.61 Å². The van der Waals surface area contributed by atoms with Gasteiger partial charge in [0.05, 0.1) is 25.0 Å². The number of hydrogen-bond acceptors (Lipinski definition) is 6. The summed E-state index contributed by atoms with van der Waals surface area (Å²) in [4.78, 5) is 10.6. The maximum absolute atomic E-state index is 10.9. The van der Waals surface area contributed by atoms with Gasteiger partial charge in [-0.3, -0.25) is 4.79 Å². The molecule has 4 atom stereocenters. The van der Waals surface area contributed by atoms with Crippen LogP contribution >= 0.6 is 0 Å². The van der Waals surface area contributed by atoms with Crippen LogP contribution in [0.5, 0.6) is 0 Å². The van der Waals surface area contributed by atoms with E-state index in [-0.39, 0.29) is 31.3 Å². The highest BCUT2D eigenvalue weighted by atomic mass is 16.5. The molecule has 0 saturated heterocycles. The van der Waals surface area contributed by atoms with Gasteiger partial charge < -0.3 is 25.3 Å². The standard InChI is InChI=1S/C25H35NO6/c1-2-25(30,18-32-17-19-10-6-5-7-11-19)15-14-20-21(23(27)16-22(20)26-31)12-8-3-4-9-13-24(28)29/h3,5-8,10-11,14-15,20-21,23,27,30-31H,2,4,9,12-13,16-18H2,1H3,(H,28,29)/b8-3-,15-14+,26-22-/t20-,21-,23+,25?/m1/s1. The van der Waals surface area contributed by atoms with Crippen molar-refractivity contribution in [3.05, 3.63) is 60.2 Å². The molecule has 2 rings (SSSR count). The molecule has 1 saturated carbocycles. The quantitative estimate of drug-likeness (QED) is 0.158. The Balaban J connectivity index is 1.97. The van der Waals surface area contributed by atoms with Crippen molar-refractivity contribution in [3.8, 4) is 0 Å². The van der Waals surface area contributed by atoms with Gasteiger partial charge >= 0.3 is 5.97 Å². The SMILES string of the molecule is CCC(O)(/C=C/[C@H]1/C(=N\O)C[C@H](O)[C@@H]1C/C=C\CCCC(=O)O)COCc1ccccc1. The fourth-order valence-electron chi connectivity index (χ4n) is 3.87. The molecule has 4 N–H and O–H groups in total. The van der Waals surface area contributed by atoms with Crippen molar-refractivity contribution in [3.63, 3.8) is 0 Å². The van der Waals surface area contributed by atoms with Gasteiger partial charge in [0.25, 0.3) is 0 Å². The van der Waals surface area contributed by atoms with Gasteiger partial charge in [0.1, 0.15) is 5.60 Å². The molecule has 7 nitrogen and oxygen atoms in total. The summed E-state index contributed by atoms with van der Waals surface area (Å²) < 4.78 is 5.73. The van der Waals surface area contributed by atoms with Crippen LogP contribution in [0.3, 0.4) is 0 Å². The second kappa shape index (κ2) is 13.2. The van der Waals surface area contributed by atoms with E-state index < -0.39 is 17.7 Å². The number of carboxylic acids is 1. The first-order valence-corrected chi connectivity index (χ1v) is 11.2. The van der Waals surface area contributed by atoms with E-state index in [1.165, 1.54) is 0 Å². The molecule has 7 heteroatoms. The summed E-state index contributed by atoms with van der Waals surface area (Å²) in [5, 5.41) is 42.9. The van der Waals surface area contributed by atoms with Crippen molar-refractivity contribution in [1.82, 2.24) is 0 Å². The zero-order chi connectivity index (χ0) is 23.4. The number of hydrogen-bond donors (Lipinski definition) is 4. The number of allylic oxidation sites excluding steroid dienone is 3. The van der Waals surface area contributed by atoms with Crippen LogP contribution in [0, 0.1) is 11.8 Å². The molecule has 1 aromatic carbocycles. The molecule has 1 aliphatic rings. The highest BCUT2D eigenvalue weighted by Gasteiger charge is 2.38. The summed E-state index contributed by atoms with van der Waals surface area (Å²) in [5.74, 6) is -1.29. The van der Waals surface area contributed by atoms with E-state index in [9.17, 15) is 20.2 Å².